The van der Waals surface area contributed by atoms with Crippen molar-refractivity contribution in [2.24, 2.45) is 0 Å². The first-order chi connectivity index (χ1) is 9.58. The summed E-state index contributed by atoms with van der Waals surface area (Å²) >= 11 is 0. The first kappa shape index (κ1) is 17.0. The van der Waals surface area contributed by atoms with Gasteiger partial charge in [-0.25, -0.2) is 0 Å². The number of nitrogens with two attached hydrogens (primary N) is 1. The van der Waals surface area contributed by atoms with E-state index < -0.39 is 0 Å². The zero-order chi connectivity index (χ0) is 14.5. The van der Waals surface area contributed by atoms with Gasteiger partial charge in [0.2, 0.25) is 5.91 Å². The van der Waals surface area contributed by atoms with Crippen molar-refractivity contribution in [2.75, 3.05) is 11.1 Å². The first-order valence-electron chi connectivity index (χ1n) is 6.68. The molecule has 0 bridgehead atoms. The molecule has 0 aliphatic rings. The molecule has 1 aromatic heterocycles. The second-order valence-corrected chi connectivity index (χ2v) is 4.80. The molecule has 1 amide bonds. The third kappa shape index (κ3) is 4.76. The quantitative estimate of drug-likeness (QED) is 0.912. The standard InChI is InChI=1S/C16H19N3O.ClH/c1-3-12-8-15(6-4-11(12)2)19-16(20)9-14-7-5-13(17)10-18-14;/h4-8,10H,3,9,17H2,1-2H3,(H,19,20);1H. The lowest BCUT2D eigenvalue weighted by molar-refractivity contribution is -0.115. The van der Waals surface area contributed by atoms with E-state index in [-0.39, 0.29) is 24.7 Å². The Balaban J connectivity index is 0.00000220. The lowest BCUT2D eigenvalue weighted by Gasteiger charge is -2.09. The average Bonchev–Trinajstić information content (AvgIpc) is 2.43. The number of carbonyl (C=O) groups excluding carboxylic acids is 1. The summed E-state index contributed by atoms with van der Waals surface area (Å²) < 4.78 is 0. The molecule has 5 heteroatoms. The van der Waals surface area contributed by atoms with Gasteiger partial charge in [-0.15, -0.1) is 12.4 Å². The molecule has 0 aliphatic heterocycles. The smallest absolute Gasteiger partial charge is 0.230 e. The topological polar surface area (TPSA) is 68.0 Å². The van der Waals surface area contributed by atoms with Crippen molar-refractivity contribution < 1.29 is 4.79 Å². The molecule has 0 radical (unpaired) electrons. The highest BCUT2D eigenvalue weighted by atomic mass is 35.5. The Morgan fingerprint density at radius 3 is 2.67 bits per heavy atom. The van der Waals surface area contributed by atoms with Gasteiger partial charge in [-0.1, -0.05) is 13.0 Å². The molecule has 2 rings (SSSR count). The molecule has 0 unspecified atom stereocenters. The summed E-state index contributed by atoms with van der Waals surface area (Å²) in [6.07, 6.45) is 2.76. The number of benzene rings is 1. The van der Waals surface area contributed by atoms with Gasteiger partial charge in [-0.3, -0.25) is 9.78 Å². The van der Waals surface area contributed by atoms with Gasteiger partial charge in [0.05, 0.1) is 18.3 Å². The van der Waals surface area contributed by atoms with E-state index in [9.17, 15) is 4.79 Å². The molecule has 0 aliphatic carbocycles. The van der Waals surface area contributed by atoms with E-state index in [0.717, 1.165) is 12.1 Å². The molecule has 0 saturated carbocycles. The lowest BCUT2D eigenvalue weighted by atomic mass is 10.1. The van der Waals surface area contributed by atoms with Crippen LogP contribution in [0.3, 0.4) is 0 Å². The molecule has 0 atom stereocenters. The van der Waals surface area contributed by atoms with E-state index in [4.69, 9.17) is 5.73 Å². The fourth-order valence-electron chi connectivity index (χ4n) is 2.04. The van der Waals surface area contributed by atoms with E-state index in [1.807, 2.05) is 18.2 Å². The molecule has 0 spiro atoms. The van der Waals surface area contributed by atoms with Crippen molar-refractivity contribution in [3.63, 3.8) is 0 Å². The van der Waals surface area contributed by atoms with Crippen molar-refractivity contribution in [2.45, 2.75) is 26.7 Å². The maximum absolute atomic E-state index is 12.0. The third-order valence-corrected chi connectivity index (χ3v) is 3.20. The maximum atomic E-state index is 12.0. The third-order valence-electron chi connectivity index (χ3n) is 3.20. The van der Waals surface area contributed by atoms with Crippen LogP contribution in [0.1, 0.15) is 23.7 Å². The number of halogens is 1. The van der Waals surface area contributed by atoms with Crippen molar-refractivity contribution in [1.82, 2.24) is 4.98 Å². The number of anilines is 2. The SMILES string of the molecule is CCc1cc(NC(=O)Cc2ccc(N)cn2)ccc1C.Cl. The normalized spacial score (nSPS) is 9.81. The second kappa shape index (κ2) is 7.64. The fourth-order valence-corrected chi connectivity index (χ4v) is 2.04. The van der Waals surface area contributed by atoms with Crippen LogP contribution >= 0.6 is 12.4 Å². The average molecular weight is 306 g/mol. The van der Waals surface area contributed by atoms with Gasteiger partial charge in [0.1, 0.15) is 0 Å². The Morgan fingerprint density at radius 1 is 1.29 bits per heavy atom. The molecule has 21 heavy (non-hydrogen) atoms. The zero-order valence-corrected chi connectivity index (χ0v) is 13.0. The summed E-state index contributed by atoms with van der Waals surface area (Å²) in [6, 6.07) is 9.47. The summed E-state index contributed by atoms with van der Waals surface area (Å²) in [5, 5.41) is 2.90. The number of aromatic nitrogens is 1. The monoisotopic (exact) mass is 305 g/mol. The molecule has 3 N–H and O–H groups in total. The van der Waals surface area contributed by atoms with E-state index in [1.54, 1.807) is 18.3 Å². The predicted octanol–water partition coefficient (Wildman–Crippen LogP) is 3.14. The summed E-state index contributed by atoms with van der Waals surface area (Å²) in [5.74, 6) is -0.0758. The molecule has 1 heterocycles. The largest absolute Gasteiger partial charge is 0.397 e. The van der Waals surface area contributed by atoms with Crippen molar-refractivity contribution in [1.29, 1.82) is 0 Å². The number of hydrogen-bond acceptors (Lipinski definition) is 3. The Morgan fingerprint density at radius 2 is 2.05 bits per heavy atom. The van der Waals surface area contributed by atoms with E-state index in [2.05, 4.69) is 24.1 Å². The summed E-state index contributed by atoms with van der Waals surface area (Å²) in [5.41, 5.74) is 10.2. The predicted molar refractivity (Wildman–Crippen MR) is 88.8 cm³/mol. The van der Waals surface area contributed by atoms with E-state index in [0.29, 0.717) is 11.4 Å². The van der Waals surface area contributed by atoms with Crippen LogP contribution in [-0.2, 0) is 17.6 Å². The van der Waals surface area contributed by atoms with Crippen LogP contribution in [0.5, 0.6) is 0 Å². The van der Waals surface area contributed by atoms with Gasteiger partial charge in [0, 0.05) is 11.4 Å². The van der Waals surface area contributed by atoms with Crippen molar-refractivity contribution >= 4 is 29.7 Å². The van der Waals surface area contributed by atoms with Gasteiger partial charge in [0.15, 0.2) is 0 Å². The molecule has 0 saturated heterocycles. The van der Waals surface area contributed by atoms with Crippen molar-refractivity contribution in [3.8, 4) is 0 Å². The van der Waals surface area contributed by atoms with Gasteiger partial charge in [-0.05, 0) is 48.7 Å². The highest BCUT2D eigenvalue weighted by molar-refractivity contribution is 5.92. The molecule has 112 valence electrons. The Bertz CT molecular complexity index is 611. The van der Waals surface area contributed by atoms with Crippen LogP contribution < -0.4 is 11.1 Å². The van der Waals surface area contributed by atoms with Crippen LogP contribution in [0.15, 0.2) is 36.5 Å². The van der Waals surface area contributed by atoms with Crippen LogP contribution in [0, 0.1) is 6.92 Å². The molecular formula is C16H20ClN3O. The Labute approximate surface area is 131 Å². The summed E-state index contributed by atoms with van der Waals surface area (Å²) in [4.78, 5) is 16.1. The second-order valence-electron chi connectivity index (χ2n) is 4.80. The minimum absolute atomic E-state index is 0. The number of hydrogen-bond donors (Lipinski definition) is 2. The number of aryl methyl sites for hydroxylation is 2. The van der Waals surface area contributed by atoms with E-state index >= 15 is 0 Å². The molecular weight excluding hydrogens is 286 g/mol. The number of rotatable bonds is 4. The van der Waals surface area contributed by atoms with Gasteiger partial charge < -0.3 is 11.1 Å². The van der Waals surface area contributed by atoms with Gasteiger partial charge >= 0.3 is 0 Å². The van der Waals surface area contributed by atoms with Gasteiger partial charge in [-0.2, -0.15) is 0 Å². The Hall–Kier alpha value is -2.07. The van der Waals surface area contributed by atoms with Crippen molar-refractivity contribution in [3.05, 3.63) is 53.3 Å². The molecule has 1 aromatic carbocycles. The highest BCUT2D eigenvalue weighted by Crippen LogP contribution is 2.16. The fraction of sp³-hybridized carbons (Fsp3) is 0.250. The van der Waals surface area contributed by atoms with Crippen LogP contribution in [0.25, 0.3) is 0 Å². The number of nitrogen functional groups attached to an aromatic ring is 1. The van der Waals surface area contributed by atoms with Crippen LogP contribution in [-0.4, -0.2) is 10.9 Å². The number of nitrogens with one attached hydrogen (secondary N) is 1. The van der Waals surface area contributed by atoms with Crippen LogP contribution in [0.2, 0.25) is 0 Å². The van der Waals surface area contributed by atoms with E-state index in [1.165, 1.54) is 11.1 Å². The number of carbonyl (C=O) groups is 1. The highest BCUT2D eigenvalue weighted by Gasteiger charge is 2.06. The molecule has 4 nitrogen and oxygen atoms in total. The molecule has 2 aromatic rings. The summed E-state index contributed by atoms with van der Waals surface area (Å²) in [6.45, 7) is 4.18. The van der Waals surface area contributed by atoms with Gasteiger partial charge in [0.25, 0.3) is 0 Å². The number of nitrogens with zero attached hydrogens (tertiary/aromatic N) is 1. The maximum Gasteiger partial charge on any atom is 0.230 e. The zero-order valence-electron chi connectivity index (χ0n) is 12.2. The lowest BCUT2D eigenvalue weighted by Crippen LogP contribution is -2.15. The minimum Gasteiger partial charge on any atom is -0.397 e. The minimum atomic E-state index is -0.0758. The van der Waals surface area contributed by atoms with Crippen LogP contribution in [0.4, 0.5) is 11.4 Å². The molecule has 0 fully saturated rings. The number of amides is 1. The summed E-state index contributed by atoms with van der Waals surface area (Å²) in [7, 11) is 0. The Kier molecular flexibility index (Phi) is 6.18. The first-order valence-corrected chi connectivity index (χ1v) is 6.68. The number of pyridine rings is 1.